The van der Waals surface area contributed by atoms with Crippen LogP contribution in [0.25, 0.3) is 20.8 Å². The summed E-state index contributed by atoms with van der Waals surface area (Å²) >= 11 is 1.81. The molecule has 1 fully saturated rings. The minimum Gasteiger partial charge on any atom is -1.00 e. The molecule has 196 valence electrons. The lowest BCUT2D eigenvalue weighted by molar-refractivity contribution is -0.0000539. The molecule has 2 heterocycles. The van der Waals surface area contributed by atoms with Crippen LogP contribution in [-0.4, -0.2) is 53.8 Å². The van der Waals surface area contributed by atoms with Gasteiger partial charge in [-0.3, -0.25) is 4.90 Å². The second-order valence-corrected chi connectivity index (χ2v) is 11.8. The van der Waals surface area contributed by atoms with Gasteiger partial charge in [0, 0.05) is 23.9 Å². The van der Waals surface area contributed by atoms with Gasteiger partial charge in [0.15, 0.2) is 13.1 Å². The van der Waals surface area contributed by atoms with E-state index in [1.54, 1.807) is 0 Å². The molecule has 1 aromatic carbocycles. The van der Waals surface area contributed by atoms with Crippen molar-refractivity contribution in [1.82, 2.24) is 14.5 Å². The Hall–Kier alpha value is -1.94. The number of amides is 1. The minimum atomic E-state index is -0.470. The number of carbonyl (C=O) groups is 1. The molecule has 1 aliphatic carbocycles. The van der Waals surface area contributed by atoms with Crippen molar-refractivity contribution >= 4 is 33.3 Å². The van der Waals surface area contributed by atoms with Crippen LogP contribution in [-0.2, 0) is 4.74 Å². The molecular formula is C28H39IN4O2S. The fraction of sp³-hybridized carbons (Fsp3) is 0.536. The number of nitrogens with zero attached hydrogens (tertiary/aromatic N) is 3. The van der Waals surface area contributed by atoms with Gasteiger partial charge >= 0.3 is 6.09 Å². The summed E-state index contributed by atoms with van der Waals surface area (Å²) < 4.78 is 9.11. The van der Waals surface area contributed by atoms with E-state index in [9.17, 15) is 4.79 Å². The Labute approximate surface area is 236 Å². The van der Waals surface area contributed by atoms with Crippen molar-refractivity contribution in [3.63, 3.8) is 0 Å². The smallest absolute Gasteiger partial charge is 0.410 e. The van der Waals surface area contributed by atoms with E-state index in [-0.39, 0.29) is 30.1 Å². The molecule has 3 aliphatic rings. The van der Waals surface area contributed by atoms with Crippen LogP contribution in [0.1, 0.15) is 58.6 Å². The number of aryl methyl sites for hydroxylation is 2. The van der Waals surface area contributed by atoms with Crippen LogP contribution in [0.15, 0.2) is 24.3 Å². The molecule has 1 atom stereocenters. The molecule has 0 radical (unpaired) electrons. The number of hydrogen-bond acceptors (Lipinski definition) is 5. The Morgan fingerprint density at radius 1 is 1.17 bits per heavy atom. The zero-order chi connectivity index (χ0) is 25.3. The monoisotopic (exact) mass is 622 g/mol. The fourth-order valence-electron chi connectivity index (χ4n) is 4.68. The molecule has 0 bridgehead atoms. The average Bonchev–Trinajstić information content (AvgIpc) is 2.77. The van der Waals surface area contributed by atoms with Crippen LogP contribution in [0.5, 0.6) is 0 Å². The van der Waals surface area contributed by atoms with Gasteiger partial charge in [0.2, 0.25) is 5.36 Å². The van der Waals surface area contributed by atoms with Gasteiger partial charge in [0.25, 0.3) is 0 Å². The highest BCUT2D eigenvalue weighted by atomic mass is 127. The van der Waals surface area contributed by atoms with Crippen molar-refractivity contribution in [3.8, 4) is 10.6 Å². The normalized spacial score (nSPS) is 15.1. The van der Waals surface area contributed by atoms with E-state index in [0.717, 1.165) is 30.7 Å². The number of rotatable bonds is 4. The number of piperazine rings is 1. The highest BCUT2D eigenvalue weighted by Crippen LogP contribution is 2.34. The van der Waals surface area contributed by atoms with E-state index < -0.39 is 5.60 Å². The van der Waals surface area contributed by atoms with Crippen LogP contribution < -0.4 is 39.2 Å². The number of fused-ring (bicyclic) bond motifs is 2. The summed E-state index contributed by atoms with van der Waals surface area (Å²) in [4.78, 5) is 20.5. The van der Waals surface area contributed by atoms with Gasteiger partial charge in [-0.15, -0.1) is 11.3 Å². The lowest BCUT2D eigenvalue weighted by atomic mass is 10.1. The van der Waals surface area contributed by atoms with Gasteiger partial charge < -0.3 is 34.0 Å². The van der Waals surface area contributed by atoms with Crippen molar-refractivity contribution in [2.24, 2.45) is 0 Å². The molecule has 0 aromatic heterocycles. The molecule has 1 saturated heterocycles. The summed E-state index contributed by atoms with van der Waals surface area (Å²) in [6.45, 7) is 17.4. The molecule has 0 spiro atoms. The van der Waals surface area contributed by atoms with E-state index in [1.807, 2.05) is 37.0 Å². The molecule has 8 heteroatoms. The lowest BCUT2D eigenvalue weighted by Crippen LogP contribution is -3.00. The third-order valence-corrected chi connectivity index (χ3v) is 7.45. The number of aromatic nitrogens is 1. The number of halogens is 1. The molecule has 0 saturated carbocycles. The Bertz CT molecular complexity index is 1270. The molecular weight excluding hydrogens is 583 g/mol. The standard InChI is InChI=1S/C28H38N4O2S.HI/c1-8-9-20(4)29-21-14-18(2)25-23(16-21)35-24-17-22(15-19(3)26(24)30-25)31-10-12-32(13-11-31)27(33)34-28(5,6)7;/h14-17,20H,8-13H2,1-7H3;1H. The van der Waals surface area contributed by atoms with E-state index in [1.165, 1.54) is 38.2 Å². The summed E-state index contributed by atoms with van der Waals surface area (Å²) in [5.74, 6) is 0. The van der Waals surface area contributed by atoms with E-state index >= 15 is 0 Å². The summed E-state index contributed by atoms with van der Waals surface area (Å²) in [7, 11) is 0. The van der Waals surface area contributed by atoms with Gasteiger partial charge in [-0.2, -0.15) is 0 Å². The number of hydrogen-bond donors (Lipinski definition) is 1. The first-order valence-electron chi connectivity index (χ1n) is 12.7. The summed E-state index contributed by atoms with van der Waals surface area (Å²) in [6, 6.07) is 9.40. The Morgan fingerprint density at radius 2 is 1.86 bits per heavy atom. The maximum atomic E-state index is 12.4. The molecule has 1 amide bonds. The highest BCUT2D eigenvalue weighted by Gasteiger charge is 2.28. The third-order valence-electron chi connectivity index (χ3n) is 6.39. The predicted octanol–water partition coefficient (Wildman–Crippen LogP) is 2.65. The van der Waals surface area contributed by atoms with Crippen LogP contribution in [0.2, 0.25) is 0 Å². The summed E-state index contributed by atoms with van der Waals surface area (Å²) in [5.41, 5.74) is 5.24. The largest absolute Gasteiger partial charge is 1.00 e. The molecule has 36 heavy (non-hydrogen) atoms. The second-order valence-electron chi connectivity index (χ2n) is 10.8. The molecule has 1 N–H and O–H groups in total. The first-order valence-corrected chi connectivity index (χ1v) is 13.5. The van der Waals surface area contributed by atoms with Crippen LogP contribution in [0.3, 0.4) is 0 Å². The van der Waals surface area contributed by atoms with E-state index in [2.05, 4.69) is 61.9 Å². The lowest BCUT2D eigenvalue weighted by Gasteiger charge is -2.28. The second kappa shape index (κ2) is 11.6. The average molecular weight is 623 g/mol. The zero-order valence-corrected chi connectivity index (χ0v) is 25.5. The zero-order valence-electron chi connectivity index (χ0n) is 22.6. The summed E-state index contributed by atoms with van der Waals surface area (Å²) in [5, 5.41) is 4.85. The first-order chi connectivity index (χ1) is 16.5. The fourth-order valence-corrected chi connectivity index (χ4v) is 5.89. The van der Waals surface area contributed by atoms with Crippen molar-refractivity contribution in [3.05, 3.63) is 40.7 Å². The van der Waals surface area contributed by atoms with Crippen molar-refractivity contribution < 1.29 is 33.5 Å². The first kappa shape index (κ1) is 28.6. The summed E-state index contributed by atoms with van der Waals surface area (Å²) in [6.07, 6.45) is 2.10. The topological polar surface area (TPSA) is 57.5 Å². The Kier molecular flexibility index (Phi) is 9.25. The van der Waals surface area contributed by atoms with Gasteiger partial charge in [0.05, 0.1) is 33.9 Å². The van der Waals surface area contributed by atoms with Crippen molar-refractivity contribution in [2.75, 3.05) is 31.5 Å². The number of nitrogens with one attached hydrogen (secondary N) is 1. The van der Waals surface area contributed by atoms with E-state index in [0.29, 0.717) is 19.1 Å². The van der Waals surface area contributed by atoms with Crippen LogP contribution >= 0.6 is 11.3 Å². The maximum Gasteiger partial charge on any atom is 0.410 e. The maximum absolute atomic E-state index is 12.4. The molecule has 1 unspecified atom stereocenters. The number of benzene rings is 2. The molecule has 1 aromatic rings. The Balaban J connectivity index is 0.00000361. The predicted molar refractivity (Wildman–Crippen MR) is 147 cm³/mol. The molecule has 6 nitrogen and oxygen atoms in total. The molecule has 4 rings (SSSR count). The van der Waals surface area contributed by atoms with E-state index in [4.69, 9.17) is 9.72 Å². The van der Waals surface area contributed by atoms with Gasteiger partial charge in [-0.25, -0.2) is 14.4 Å². The van der Waals surface area contributed by atoms with Gasteiger partial charge in [-0.1, -0.05) is 13.3 Å². The van der Waals surface area contributed by atoms with Crippen LogP contribution in [0.4, 0.5) is 10.5 Å². The van der Waals surface area contributed by atoms with Crippen LogP contribution in [0, 0.1) is 13.8 Å². The quantitative estimate of drug-likeness (QED) is 0.277. The number of anilines is 1. The van der Waals surface area contributed by atoms with Gasteiger partial charge in [-0.05, 0) is 71.2 Å². The SMILES string of the molecule is CCCC(C)Nc1cc(C)c2nc3c(C)cc(=[N+]4CCN(C(=O)OC(C)(C)C)CC4)cc-3sc2c1.[I-]. The Morgan fingerprint density at radius 3 is 2.50 bits per heavy atom. The third kappa shape index (κ3) is 6.68. The minimum absolute atomic E-state index is 0. The van der Waals surface area contributed by atoms with Crippen molar-refractivity contribution in [2.45, 2.75) is 73.0 Å². The molecule has 2 aliphatic heterocycles. The number of carbonyl (C=O) groups excluding carboxylic acids is 1. The van der Waals surface area contributed by atoms with Gasteiger partial charge in [0.1, 0.15) is 5.60 Å². The van der Waals surface area contributed by atoms with Crippen molar-refractivity contribution in [1.29, 1.82) is 0 Å². The number of ether oxygens (including phenoxy) is 1. The highest BCUT2D eigenvalue weighted by molar-refractivity contribution is 7.21.